The van der Waals surface area contributed by atoms with E-state index in [2.05, 4.69) is 20.6 Å². The molecule has 0 unspecified atom stereocenters. The molecule has 3 amide bonds. The van der Waals surface area contributed by atoms with Crippen molar-refractivity contribution in [2.75, 3.05) is 5.75 Å². The Balaban J connectivity index is 1.47. The number of thiophene rings is 1. The molecule has 1 fully saturated rings. The molecule has 0 spiro atoms. The summed E-state index contributed by atoms with van der Waals surface area (Å²) in [5.74, 6) is 0.597. The lowest BCUT2D eigenvalue weighted by atomic mass is 10.2. The first-order valence-corrected chi connectivity index (χ1v) is 9.92. The molecule has 2 aromatic rings. The Morgan fingerprint density at radius 2 is 2.12 bits per heavy atom. The number of nitrogens with one attached hydrogen (secondary N) is 2. The molecule has 0 bridgehead atoms. The van der Waals surface area contributed by atoms with Crippen LogP contribution < -0.4 is 10.6 Å². The largest absolute Gasteiger partial charge is 0.335 e. The maximum atomic E-state index is 12.0. The number of imide groups is 1. The summed E-state index contributed by atoms with van der Waals surface area (Å²) in [6.07, 6.45) is 5.35. The lowest BCUT2D eigenvalue weighted by molar-refractivity contribution is -0.117. The Morgan fingerprint density at radius 1 is 1.29 bits per heavy atom. The van der Waals surface area contributed by atoms with Crippen molar-refractivity contribution < 1.29 is 9.59 Å². The number of hydrogen-bond donors (Lipinski definition) is 2. The predicted octanol–water partition coefficient (Wildman–Crippen LogP) is 2.57. The molecule has 1 saturated carbocycles. The molecule has 0 saturated heterocycles. The van der Waals surface area contributed by atoms with Crippen LogP contribution in [0, 0.1) is 6.92 Å². The van der Waals surface area contributed by atoms with Crippen LogP contribution in [-0.2, 0) is 17.6 Å². The zero-order chi connectivity index (χ0) is 16.7. The van der Waals surface area contributed by atoms with Crippen molar-refractivity contribution in [3.8, 4) is 0 Å². The molecule has 24 heavy (non-hydrogen) atoms. The number of rotatable bonds is 4. The Kier molecular flexibility index (Phi) is 4.17. The summed E-state index contributed by atoms with van der Waals surface area (Å²) >= 11 is 3.13. The summed E-state index contributed by atoms with van der Waals surface area (Å²) in [4.78, 5) is 35.1. The van der Waals surface area contributed by atoms with Crippen LogP contribution >= 0.6 is 23.1 Å². The van der Waals surface area contributed by atoms with Crippen molar-refractivity contribution in [3.63, 3.8) is 0 Å². The van der Waals surface area contributed by atoms with E-state index >= 15 is 0 Å². The standard InChI is InChI=1S/C16H18N4O2S2/c1-8-17-14(13-10-3-2-4-11(10)24-15(13)18-8)23-7-12(21)20-16(22)19-9-5-6-9/h9H,2-7H2,1H3,(H2,19,20,21,22). The molecule has 2 aromatic heterocycles. The first-order valence-electron chi connectivity index (χ1n) is 8.12. The SMILES string of the molecule is Cc1nc(SCC(=O)NC(=O)NC2CC2)c2c3c(sc2n1)CCC3. The number of thioether (sulfide) groups is 1. The number of fused-ring (bicyclic) bond motifs is 3. The van der Waals surface area contributed by atoms with E-state index < -0.39 is 6.03 Å². The molecule has 6 nitrogen and oxygen atoms in total. The fraction of sp³-hybridized carbons (Fsp3) is 0.500. The van der Waals surface area contributed by atoms with E-state index in [1.807, 2.05) is 6.92 Å². The Bertz CT molecular complexity index is 829. The number of nitrogens with zero attached hydrogens (tertiary/aromatic N) is 2. The van der Waals surface area contributed by atoms with Crippen LogP contribution in [0.2, 0.25) is 0 Å². The molecule has 0 aliphatic heterocycles. The summed E-state index contributed by atoms with van der Waals surface area (Å²) in [6.45, 7) is 1.87. The second kappa shape index (κ2) is 6.33. The highest BCUT2D eigenvalue weighted by Crippen LogP contribution is 2.40. The predicted molar refractivity (Wildman–Crippen MR) is 94.6 cm³/mol. The Morgan fingerprint density at radius 3 is 2.92 bits per heavy atom. The molecule has 2 N–H and O–H groups in total. The lowest BCUT2D eigenvalue weighted by Gasteiger charge is -2.07. The Hall–Kier alpha value is -1.67. The van der Waals surface area contributed by atoms with Crippen molar-refractivity contribution in [2.24, 2.45) is 0 Å². The summed E-state index contributed by atoms with van der Waals surface area (Å²) in [5.41, 5.74) is 1.35. The third-order valence-electron chi connectivity index (χ3n) is 4.15. The van der Waals surface area contributed by atoms with Gasteiger partial charge < -0.3 is 5.32 Å². The second-order valence-corrected chi connectivity index (χ2v) is 8.25. The average molecular weight is 362 g/mol. The smallest absolute Gasteiger partial charge is 0.321 e. The van der Waals surface area contributed by atoms with Crippen LogP contribution in [0.3, 0.4) is 0 Å². The normalized spacial score (nSPS) is 16.2. The maximum Gasteiger partial charge on any atom is 0.321 e. The zero-order valence-corrected chi connectivity index (χ0v) is 15.0. The molecule has 2 aliphatic rings. The van der Waals surface area contributed by atoms with E-state index in [1.54, 1.807) is 11.3 Å². The second-order valence-electron chi connectivity index (χ2n) is 6.20. The molecular weight excluding hydrogens is 344 g/mol. The van der Waals surface area contributed by atoms with Gasteiger partial charge in [-0.2, -0.15) is 0 Å². The minimum Gasteiger partial charge on any atom is -0.335 e. The third-order valence-corrected chi connectivity index (χ3v) is 6.31. The maximum absolute atomic E-state index is 12.0. The van der Waals surface area contributed by atoms with E-state index in [0.29, 0.717) is 0 Å². The average Bonchev–Trinajstić information content (AvgIpc) is 3.08. The summed E-state index contributed by atoms with van der Waals surface area (Å²) in [5, 5.41) is 7.09. The zero-order valence-electron chi connectivity index (χ0n) is 13.3. The summed E-state index contributed by atoms with van der Waals surface area (Å²) in [7, 11) is 0. The molecule has 4 rings (SSSR count). The van der Waals surface area contributed by atoms with Crippen LogP contribution in [0.1, 0.15) is 35.5 Å². The van der Waals surface area contributed by atoms with E-state index in [-0.39, 0.29) is 17.7 Å². The van der Waals surface area contributed by atoms with Gasteiger partial charge in [-0.3, -0.25) is 10.1 Å². The fourth-order valence-electron chi connectivity index (χ4n) is 2.91. The highest BCUT2D eigenvalue weighted by Gasteiger charge is 2.25. The van der Waals surface area contributed by atoms with Gasteiger partial charge in [0.1, 0.15) is 15.7 Å². The van der Waals surface area contributed by atoms with Crippen molar-refractivity contribution >= 4 is 45.3 Å². The van der Waals surface area contributed by atoms with Crippen LogP contribution in [0.15, 0.2) is 5.03 Å². The molecule has 0 radical (unpaired) electrons. The van der Waals surface area contributed by atoms with Crippen molar-refractivity contribution in [1.82, 2.24) is 20.6 Å². The minimum atomic E-state index is -0.399. The van der Waals surface area contributed by atoms with Crippen LogP contribution in [0.4, 0.5) is 4.79 Å². The number of amides is 3. The van der Waals surface area contributed by atoms with Crippen LogP contribution in [0.25, 0.3) is 10.2 Å². The monoisotopic (exact) mass is 362 g/mol. The van der Waals surface area contributed by atoms with E-state index in [9.17, 15) is 9.59 Å². The number of hydrogen-bond acceptors (Lipinski definition) is 6. The molecule has 2 aliphatic carbocycles. The van der Waals surface area contributed by atoms with Gasteiger partial charge in [-0.25, -0.2) is 14.8 Å². The molecule has 0 aromatic carbocycles. The van der Waals surface area contributed by atoms with Gasteiger partial charge >= 0.3 is 6.03 Å². The van der Waals surface area contributed by atoms with Gasteiger partial charge in [0.15, 0.2) is 0 Å². The topological polar surface area (TPSA) is 84.0 Å². The van der Waals surface area contributed by atoms with E-state index in [0.717, 1.165) is 46.8 Å². The first kappa shape index (κ1) is 15.8. The number of aromatic nitrogens is 2. The fourth-order valence-corrected chi connectivity index (χ4v) is 5.19. The van der Waals surface area contributed by atoms with Crippen LogP contribution in [-0.4, -0.2) is 33.7 Å². The molecule has 0 atom stereocenters. The quantitative estimate of drug-likeness (QED) is 0.645. The number of urea groups is 1. The third kappa shape index (κ3) is 3.25. The van der Waals surface area contributed by atoms with Crippen molar-refractivity contribution in [2.45, 2.75) is 50.1 Å². The van der Waals surface area contributed by atoms with Gasteiger partial charge in [-0.15, -0.1) is 11.3 Å². The van der Waals surface area contributed by atoms with Gasteiger partial charge in [-0.1, -0.05) is 11.8 Å². The van der Waals surface area contributed by atoms with Gasteiger partial charge in [0.2, 0.25) is 5.91 Å². The lowest BCUT2D eigenvalue weighted by Crippen LogP contribution is -2.41. The highest BCUT2D eigenvalue weighted by atomic mass is 32.2. The number of carbonyl (C=O) groups is 2. The number of carbonyl (C=O) groups excluding carboxylic acids is 2. The molecule has 126 valence electrons. The van der Waals surface area contributed by atoms with E-state index in [1.165, 1.54) is 28.6 Å². The van der Waals surface area contributed by atoms with Gasteiger partial charge in [0.25, 0.3) is 0 Å². The molecule has 8 heteroatoms. The Labute approximate surface area is 147 Å². The van der Waals surface area contributed by atoms with Crippen molar-refractivity contribution in [1.29, 1.82) is 0 Å². The summed E-state index contributed by atoms with van der Waals surface area (Å²) < 4.78 is 0. The van der Waals surface area contributed by atoms with Gasteiger partial charge in [-0.05, 0) is 44.6 Å². The molecule has 2 heterocycles. The van der Waals surface area contributed by atoms with Crippen molar-refractivity contribution in [3.05, 3.63) is 16.3 Å². The van der Waals surface area contributed by atoms with Gasteiger partial charge in [0.05, 0.1) is 5.75 Å². The minimum absolute atomic E-state index is 0.175. The van der Waals surface area contributed by atoms with E-state index in [4.69, 9.17) is 0 Å². The number of aryl methyl sites for hydroxylation is 3. The first-order chi connectivity index (χ1) is 11.6. The van der Waals surface area contributed by atoms with Gasteiger partial charge in [0, 0.05) is 16.3 Å². The highest BCUT2D eigenvalue weighted by molar-refractivity contribution is 8.00. The summed E-state index contributed by atoms with van der Waals surface area (Å²) in [6, 6.07) is -0.161. The van der Waals surface area contributed by atoms with Crippen LogP contribution in [0.5, 0.6) is 0 Å². The molecular formula is C16H18N4O2S2.